The summed E-state index contributed by atoms with van der Waals surface area (Å²) in [6.45, 7) is 1.80. The SMILES string of the molecule is CNCCC1CCC(CCN(C)C(=O)O)CC1. The molecule has 0 radical (unpaired) electrons. The Labute approximate surface area is 104 Å². The highest BCUT2D eigenvalue weighted by molar-refractivity contribution is 5.64. The second kappa shape index (κ2) is 7.54. The molecule has 1 saturated carbocycles. The zero-order valence-electron chi connectivity index (χ0n) is 11.1. The van der Waals surface area contributed by atoms with Crippen LogP contribution in [0, 0.1) is 11.8 Å². The third-order valence-electron chi connectivity index (χ3n) is 3.97. The van der Waals surface area contributed by atoms with Crippen molar-refractivity contribution in [2.45, 2.75) is 38.5 Å². The van der Waals surface area contributed by atoms with Gasteiger partial charge in [0.25, 0.3) is 0 Å². The number of carbonyl (C=O) groups is 1. The number of rotatable bonds is 6. The van der Waals surface area contributed by atoms with Gasteiger partial charge in [0.15, 0.2) is 0 Å². The molecule has 1 aliphatic rings. The Bertz CT molecular complexity index is 225. The first kappa shape index (κ1) is 14.3. The molecule has 4 nitrogen and oxygen atoms in total. The summed E-state index contributed by atoms with van der Waals surface area (Å²) in [5.74, 6) is 1.62. The molecule has 0 unspecified atom stereocenters. The van der Waals surface area contributed by atoms with E-state index in [-0.39, 0.29) is 0 Å². The zero-order chi connectivity index (χ0) is 12.7. The number of hydrogen-bond acceptors (Lipinski definition) is 2. The Morgan fingerprint density at radius 1 is 1.24 bits per heavy atom. The van der Waals surface area contributed by atoms with E-state index >= 15 is 0 Å². The fourth-order valence-corrected chi connectivity index (χ4v) is 2.63. The minimum atomic E-state index is -0.812. The molecular formula is C13H26N2O2. The minimum absolute atomic E-state index is 0.682. The van der Waals surface area contributed by atoms with Crippen LogP contribution in [0.2, 0.25) is 0 Å². The van der Waals surface area contributed by atoms with Crippen molar-refractivity contribution in [2.75, 3.05) is 27.2 Å². The molecular weight excluding hydrogens is 216 g/mol. The highest BCUT2D eigenvalue weighted by Gasteiger charge is 2.21. The lowest BCUT2D eigenvalue weighted by Crippen LogP contribution is -2.28. The largest absolute Gasteiger partial charge is 0.465 e. The molecule has 0 aliphatic heterocycles. The van der Waals surface area contributed by atoms with Crippen molar-refractivity contribution in [1.82, 2.24) is 10.2 Å². The van der Waals surface area contributed by atoms with E-state index in [4.69, 9.17) is 5.11 Å². The van der Waals surface area contributed by atoms with E-state index in [2.05, 4.69) is 5.32 Å². The van der Waals surface area contributed by atoms with Gasteiger partial charge >= 0.3 is 6.09 Å². The number of amides is 1. The quantitative estimate of drug-likeness (QED) is 0.752. The summed E-state index contributed by atoms with van der Waals surface area (Å²) in [5.41, 5.74) is 0. The zero-order valence-corrected chi connectivity index (χ0v) is 11.1. The maximum Gasteiger partial charge on any atom is 0.407 e. The average Bonchev–Trinajstić information content (AvgIpc) is 2.34. The summed E-state index contributed by atoms with van der Waals surface area (Å²) in [4.78, 5) is 12.1. The van der Waals surface area contributed by atoms with Crippen molar-refractivity contribution in [3.63, 3.8) is 0 Å². The molecule has 4 heteroatoms. The topological polar surface area (TPSA) is 52.6 Å². The average molecular weight is 242 g/mol. The molecule has 0 bridgehead atoms. The van der Waals surface area contributed by atoms with E-state index < -0.39 is 6.09 Å². The lowest BCUT2D eigenvalue weighted by Gasteiger charge is -2.29. The fourth-order valence-electron chi connectivity index (χ4n) is 2.63. The van der Waals surface area contributed by atoms with E-state index in [1.54, 1.807) is 7.05 Å². The maximum atomic E-state index is 10.7. The fraction of sp³-hybridized carbons (Fsp3) is 0.923. The molecule has 0 aromatic heterocycles. The normalized spacial score (nSPS) is 24.6. The van der Waals surface area contributed by atoms with Crippen LogP contribution in [0.25, 0.3) is 0 Å². The van der Waals surface area contributed by atoms with Gasteiger partial charge in [0.1, 0.15) is 0 Å². The molecule has 17 heavy (non-hydrogen) atoms. The first-order chi connectivity index (χ1) is 8.13. The first-order valence-corrected chi connectivity index (χ1v) is 6.72. The smallest absolute Gasteiger partial charge is 0.407 e. The summed E-state index contributed by atoms with van der Waals surface area (Å²) in [6.07, 6.45) is 6.71. The summed E-state index contributed by atoms with van der Waals surface area (Å²) < 4.78 is 0. The van der Waals surface area contributed by atoms with Gasteiger partial charge in [-0.1, -0.05) is 25.7 Å². The second-order valence-electron chi connectivity index (χ2n) is 5.27. The number of nitrogens with one attached hydrogen (secondary N) is 1. The Balaban J connectivity index is 2.12. The molecule has 0 saturated heterocycles. The molecule has 1 amide bonds. The van der Waals surface area contributed by atoms with E-state index in [1.165, 1.54) is 37.0 Å². The van der Waals surface area contributed by atoms with Crippen molar-refractivity contribution in [2.24, 2.45) is 11.8 Å². The van der Waals surface area contributed by atoms with Crippen LogP contribution < -0.4 is 5.32 Å². The van der Waals surface area contributed by atoms with Crippen LogP contribution in [0.3, 0.4) is 0 Å². The van der Waals surface area contributed by atoms with Crippen LogP contribution in [-0.4, -0.2) is 43.3 Å². The van der Waals surface area contributed by atoms with E-state index in [1.807, 2.05) is 7.05 Å². The Kier molecular flexibility index (Phi) is 6.34. The molecule has 1 aliphatic carbocycles. The Morgan fingerprint density at radius 2 is 1.76 bits per heavy atom. The number of carboxylic acid groups (broad SMARTS) is 1. The van der Waals surface area contributed by atoms with Crippen molar-refractivity contribution in [1.29, 1.82) is 0 Å². The Hall–Kier alpha value is -0.770. The first-order valence-electron chi connectivity index (χ1n) is 6.72. The molecule has 0 heterocycles. The summed E-state index contributed by atoms with van der Waals surface area (Å²) in [5, 5.41) is 12.0. The third-order valence-corrected chi connectivity index (χ3v) is 3.97. The van der Waals surface area contributed by atoms with Crippen molar-refractivity contribution < 1.29 is 9.90 Å². The van der Waals surface area contributed by atoms with Crippen molar-refractivity contribution in [3.05, 3.63) is 0 Å². The van der Waals surface area contributed by atoms with Gasteiger partial charge in [0.05, 0.1) is 0 Å². The number of nitrogens with zero attached hydrogens (tertiary/aromatic N) is 1. The third kappa shape index (κ3) is 5.39. The maximum absolute atomic E-state index is 10.7. The standard InChI is InChI=1S/C13H26N2O2/c1-14-9-7-11-3-5-12(6-4-11)8-10-15(2)13(16)17/h11-12,14H,3-10H2,1-2H3,(H,16,17). The monoisotopic (exact) mass is 242 g/mol. The summed E-state index contributed by atoms with van der Waals surface area (Å²) >= 11 is 0. The molecule has 2 N–H and O–H groups in total. The van der Waals surface area contributed by atoms with Gasteiger partial charge in [-0.25, -0.2) is 4.79 Å². The van der Waals surface area contributed by atoms with Gasteiger partial charge in [-0.3, -0.25) is 0 Å². The molecule has 0 atom stereocenters. The van der Waals surface area contributed by atoms with Gasteiger partial charge in [-0.2, -0.15) is 0 Å². The Morgan fingerprint density at radius 3 is 2.24 bits per heavy atom. The van der Waals surface area contributed by atoms with Crippen LogP contribution >= 0.6 is 0 Å². The summed E-state index contributed by atoms with van der Waals surface area (Å²) in [6, 6.07) is 0. The van der Waals surface area contributed by atoms with Crippen LogP contribution in [0.4, 0.5) is 4.79 Å². The molecule has 100 valence electrons. The van der Waals surface area contributed by atoms with E-state index in [9.17, 15) is 4.79 Å². The van der Waals surface area contributed by atoms with Crippen LogP contribution in [0.5, 0.6) is 0 Å². The lowest BCUT2D eigenvalue weighted by atomic mass is 9.79. The highest BCUT2D eigenvalue weighted by Crippen LogP contribution is 2.32. The van der Waals surface area contributed by atoms with Crippen LogP contribution in [-0.2, 0) is 0 Å². The predicted octanol–water partition coefficient (Wildman–Crippen LogP) is 2.40. The van der Waals surface area contributed by atoms with E-state index in [0.29, 0.717) is 6.54 Å². The van der Waals surface area contributed by atoms with Crippen molar-refractivity contribution in [3.8, 4) is 0 Å². The van der Waals surface area contributed by atoms with Crippen molar-refractivity contribution >= 4 is 6.09 Å². The molecule has 0 spiro atoms. The summed E-state index contributed by atoms with van der Waals surface area (Å²) in [7, 11) is 3.66. The molecule has 1 fully saturated rings. The number of hydrogen-bond donors (Lipinski definition) is 2. The molecule has 1 rings (SSSR count). The molecule has 0 aromatic rings. The van der Waals surface area contributed by atoms with Gasteiger partial charge in [-0.05, 0) is 38.3 Å². The van der Waals surface area contributed by atoms with Gasteiger partial charge in [-0.15, -0.1) is 0 Å². The lowest BCUT2D eigenvalue weighted by molar-refractivity contribution is 0.149. The highest BCUT2D eigenvalue weighted by atomic mass is 16.4. The second-order valence-corrected chi connectivity index (χ2v) is 5.27. The van der Waals surface area contributed by atoms with Gasteiger partial charge in [0, 0.05) is 13.6 Å². The minimum Gasteiger partial charge on any atom is -0.465 e. The van der Waals surface area contributed by atoms with Gasteiger partial charge < -0.3 is 15.3 Å². The van der Waals surface area contributed by atoms with Crippen LogP contribution in [0.15, 0.2) is 0 Å². The predicted molar refractivity (Wildman–Crippen MR) is 69.3 cm³/mol. The molecule has 0 aromatic carbocycles. The van der Waals surface area contributed by atoms with Gasteiger partial charge in [0.2, 0.25) is 0 Å². The van der Waals surface area contributed by atoms with E-state index in [0.717, 1.165) is 24.8 Å². The van der Waals surface area contributed by atoms with Crippen LogP contribution in [0.1, 0.15) is 38.5 Å².